The zero-order valence-electron chi connectivity index (χ0n) is 12.3. The highest BCUT2D eigenvalue weighted by Crippen LogP contribution is 2.28. The predicted octanol–water partition coefficient (Wildman–Crippen LogP) is 3.11. The lowest BCUT2D eigenvalue weighted by Gasteiger charge is -2.21. The average Bonchev–Trinajstić information content (AvgIpc) is 2.88. The summed E-state index contributed by atoms with van der Waals surface area (Å²) in [5.74, 6) is -0.0437. The van der Waals surface area contributed by atoms with Crippen LogP contribution in [0.4, 0.5) is 0 Å². The van der Waals surface area contributed by atoms with Crippen molar-refractivity contribution in [1.29, 1.82) is 0 Å². The number of rotatable bonds is 6. The molecular formula is C16H27NO3. The van der Waals surface area contributed by atoms with Gasteiger partial charge in [-0.05, 0) is 38.0 Å². The first-order chi connectivity index (χ1) is 9.65. The van der Waals surface area contributed by atoms with Crippen molar-refractivity contribution < 1.29 is 14.7 Å². The number of aliphatic carboxylic acids is 1. The van der Waals surface area contributed by atoms with E-state index in [2.05, 4.69) is 5.32 Å². The molecule has 0 aliphatic heterocycles. The van der Waals surface area contributed by atoms with Crippen molar-refractivity contribution >= 4 is 11.9 Å². The molecule has 4 heteroatoms. The molecule has 0 unspecified atom stereocenters. The van der Waals surface area contributed by atoms with Crippen LogP contribution in [0.1, 0.15) is 70.6 Å². The highest BCUT2D eigenvalue weighted by Gasteiger charge is 2.30. The molecule has 0 heterocycles. The molecule has 0 spiro atoms. The van der Waals surface area contributed by atoms with Gasteiger partial charge in [-0.15, -0.1) is 0 Å². The van der Waals surface area contributed by atoms with Crippen molar-refractivity contribution in [2.24, 2.45) is 11.8 Å². The Bertz CT molecular complexity index is 337. The summed E-state index contributed by atoms with van der Waals surface area (Å²) in [7, 11) is 0. The van der Waals surface area contributed by atoms with Crippen LogP contribution >= 0.6 is 0 Å². The predicted molar refractivity (Wildman–Crippen MR) is 77.3 cm³/mol. The minimum atomic E-state index is -0.723. The Kier molecular flexibility index (Phi) is 5.86. The smallest absolute Gasteiger partial charge is 0.306 e. The summed E-state index contributed by atoms with van der Waals surface area (Å²) in [5.41, 5.74) is 0. The van der Waals surface area contributed by atoms with E-state index in [1.165, 1.54) is 38.5 Å². The molecule has 0 saturated heterocycles. The zero-order valence-corrected chi connectivity index (χ0v) is 12.3. The highest BCUT2D eigenvalue weighted by molar-refractivity contribution is 5.76. The van der Waals surface area contributed by atoms with Crippen LogP contribution in [0.2, 0.25) is 0 Å². The average molecular weight is 281 g/mol. The van der Waals surface area contributed by atoms with E-state index in [0.717, 1.165) is 18.8 Å². The summed E-state index contributed by atoms with van der Waals surface area (Å²) in [5, 5.41) is 11.9. The fourth-order valence-corrected chi connectivity index (χ4v) is 3.66. The van der Waals surface area contributed by atoms with Crippen molar-refractivity contribution in [1.82, 2.24) is 5.32 Å². The minimum Gasteiger partial charge on any atom is -0.481 e. The largest absolute Gasteiger partial charge is 0.481 e. The Hall–Kier alpha value is -1.06. The third kappa shape index (κ3) is 4.80. The van der Waals surface area contributed by atoms with Gasteiger partial charge in [0.15, 0.2) is 0 Å². The van der Waals surface area contributed by atoms with Crippen molar-refractivity contribution in [3.63, 3.8) is 0 Å². The molecule has 20 heavy (non-hydrogen) atoms. The highest BCUT2D eigenvalue weighted by atomic mass is 16.4. The molecule has 0 radical (unpaired) electrons. The minimum absolute atomic E-state index is 0.0817. The van der Waals surface area contributed by atoms with E-state index in [4.69, 9.17) is 5.11 Å². The maximum Gasteiger partial charge on any atom is 0.306 e. The lowest BCUT2D eigenvalue weighted by Crippen LogP contribution is -2.33. The van der Waals surface area contributed by atoms with E-state index >= 15 is 0 Å². The van der Waals surface area contributed by atoms with Gasteiger partial charge in [0.1, 0.15) is 0 Å². The molecule has 1 amide bonds. The van der Waals surface area contributed by atoms with Gasteiger partial charge in [-0.25, -0.2) is 0 Å². The van der Waals surface area contributed by atoms with E-state index in [9.17, 15) is 9.59 Å². The van der Waals surface area contributed by atoms with Crippen molar-refractivity contribution in [3.8, 4) is 0 Å². The van der Waals surface area contributed by atoms with E-state index in [-0.39, 0.29) is 17.9 Å². The summed E-state index contributed by atoms with van der Waals surface area (Å²) in [6.07, 6.45) is 11.6. The van der Waals surface area contributed by atoms with Crippen LogP contribution in [0, 0.1) is 11.8 Å². The standard InChI is InChI=1S/C16H27NO3/c18-15(8-4-7-12-5-2-1-3-6-12)17-14-10-9-13(11-14)16(19)20/h12-14H,1-11H2,(H,17,18)(H,19,20)/t13-,14+/m1/s1. The fraction of sp³-hybridized carbons (Fsp3) is 0.875. The molecule has 4 nitrogen and oxygen atoms in total. The Morgan fingerprint density at radius 1 is 1.05 bits per heavy atom. The molecule has 2 rings (SSSR count). The second-order valence-electron chi connectivity index (χ2n) is 6.51. The quantitative estimate of drug-likeness (QED) is 0.786. The maximum atomic E-state index is 11.9. The van der Waals surface area contributed by atoms with Gasteiger partial charge in [-0.1, -0.05) is 32.1 Å². The normalized spacial score (nSPS) is 27.4. The molecule has 0 aromatic heterocycles. The number of amides is 1. The second-order valence-corrected chi connectivity index (χ2v) is 6.51. The molecule has 2 aliphatic carbocycles. The van der Waals surface area contributed by atoms with E-state index in [0.29, 0.717) is 19.3 Å². The third-order valence-corrected chi connectivity index (χ3v) is 4.89. The summed E-state index contributed by atoms with van der Waals surface area (Å²) >= 11 is 0. The fourth-order valence-electron chi connectivity index (χ4n) is 3.66. The van der Waals surface area contributed by atoms with Gasteiger partial charge >= 0.3 is 5.97 Å². The number of carbonyl (C=O) groups is 2. The number of carboxylic acid groups (broad SMARTS) is 1. The maximum absolute atomic E-state index is 11.9. The van der Waals surface area contributed by atoms with E-state index in [1.807, 2.05) is 0 Å². The number of nitrogens with one attached hydrogen (secondary N) is 1. The van der Waals surface area contributed by atoms with Gasteiger partial charge in [0, 0.05) is 12.5 Å². The SMILES string of the molecule is O=C(CCCC1CCCCC1)N[C@H]1CC[C@@H](C(=O)O)C1. The number of hydrogen-bond acceptors (Lipinski definition) is 2. The van der Waals surface area contributed by atoms with Crippen LogP contribution in [-0.2, 0) is 9.59 Å². The van der Waals surface area contributed by atoms with Gasteiger partial charge in [-0.2, -0.15) is 0 Å². The van der Waals surface area contributed by atoms with Gasteiger partial charge < -0.3 is 10.4 Å². The second kappa shape index (κ2) is 7.65. The molecule has 2 fully saturated rings. The molecule has 0 aromatic rings. The zero-order chi connectivity index (χ0) is 14.4. The monoisotopic (exact) mass is 281 g/mol. The molecular weight excluding hydrogens is 254 g/mol. The topological polar surface area (TPSA) is 66.4 Å². The molecule has 2 aliphatic rings. The third-order valence-electron chi connectivity index (χ3n) is 4.89. The molecule has 114 valence electrons. The molecule has 2 saturated carbocycles. The number of carboxylic acids is 1. The van der Waals surface area contributed by atoms with Gasteiger partial charge in [0.25, 0.3) is 0 Å². The first-order valence-electron chi connectivity index (χ1n) is 8.17. The summed E-state index contributed by atoms with van der Waals surface area (Å²) in [6, 6.07) is 0.0817. The Morgan fingerprint density at radius 2 is 1.80 bits per heavy atom. The molecule has 2 N–H and O–H groups in total. The Labute approximate surface area is 121 Å². The van der Waals surface area contributed by atoms with Crippen molar-refractivity contribution in [2.45, 2.75) is 76.7 Å². The van der Waals surface area contributed by atoms with E-state index in [1.54, 1.807) is 0 Å². The van der Waals surface area contributed by atoms with E-state index < -0.39 is 5.97 Å². The van der Waals surface area contributed by atoms with Crippen molar-refractivity contribution in [2.75, 3.05) is 0 Å². The van der Waals surface area contributed by atoms with Gasteiger partial charge in [0.05, 0.1) is 5.92 Å². The molecule has 2 atom stereocenters. The lowest BCUT2D eigenvalue weighted by molar-refractivity contribution is -0.141. The summed E-state index contributed by atoms with van der Waals surface area (Å²) in [4.78, 5) is 22.7. The van der Waals surface area contributed by atoms with Crippen LogP contribution in [-0.4, -0.2) is 23.0 Å². The number of carbonyl (C=O) groups excluding carboxylic acids is 1. The van der Waals surface area contributed by atoms with Crippen LogP contribution in [0.15, 0.2) is 0 Å². The summed E-state index contributed by atoms with van der Waals surface area (Å²) < 4.78 is 0. The van der Waals surface area contributed by atoms with Crippen LogP contribution in [0.5, 0.6) is 0 Å². The Balaban J connectivity index is 1.57. The van der Waals surface area contributed by atoms with Gasteiger partial charge in [0.2, 0.25) is 5.91 Å². The number of hydrogen-bond donors (Lipinski definition) is 2. The molecule has 0 bridgehead atoms. The van der Waals surface area contributed by atoms with Crippen LogP contribution < -0.4 is 5.32 Å². The van der Waals surface area contributed by atoms with Crippen LogP contribution in [0.3, 0.4) is 0 Å². The van der Waals surface area contributed by atoms with Crippen LogP contribution in [0.25, 0.3) is 0 Å². The molecule has 0 aromatic carbocycles. The first kappa shape index (κ1) is 15.3. The lowest BCUT2D eigenvalue weighted by atomic mass is 9.86. The Morgan fingerprint density at radius 3 is 2.45 bits per heavy atom. The van der Waals surface area contributed by atoms with Gasteiger partial charge in [-0.3, -0.25) is 9.59 Å². The first-order valence-corrected chi connectivity index (χ1v) is 8.17. The summed E-state index contributed by atoms with van der Waals surface area (Å²) in [6.45, 7) is 0. The van der Waals surface area contributed by atoms with Crippen molar-refractivity contribution in [3.05, 3.63) is 0 Å².